The zero-order chi connectivity index (χ0) is 15.6. The first-order valence-corrected chi connectivity index (χ1v) is 7.71. The third kappa shape index (κ3) is 3.52. The summed E-state index contributed by atoms with van der Waals surface area (Å²) in [6.45, 7) is 6.45. The summed E-state index contributed by atoms with van der Waals surface area (Å²) < 4.78 is 0. The van der Waals surface area contributed by atoms with E-state index in [-0.39, 0.29) is 5.78 Å². The van der Waals surface area contributed by atoms with Gasteiger partial charge in [0.2, 0.25) is 0 Å². The summed E-state index contributed by atoms with van der Waals surface area (Å²) in [5, 5.41) is 8.62. The Morgan fingerprint density at radius 2 is 1.95 bits per heavy atom. The Morgan fingerprint density at radius 3 is 2.62 bits per heavy atom. The molecule has 2 rings (SSSR count). The Morgan fingerprint density at radius 1 is 1.24 bits per heavy atom. The molecule has 0 spiro atoms. The maximum Gasteiger partial charge on any atom is 0.328 e. The average molecular weight is 288 g/mol. The minimum Gasteiger partial charge on any atom is -0.478 e. The molecule has 4 unspecified atom stereocenters. The van der Waals surface area contributed by atoms with E-state index in [9.17, 15) is 9.59 Å². The summed E-state index contributed by atoms with van der Waals surface area (Å²) in [5.74, 6) is 1.44. The number of fused-ring (bicyclic) bond motifs is 1. The van der Waals surface area contributed by atoms with Crippen molar-refractivity contribution in [3.05, 3.63) is 35.5 Å². The van der Waals surface area contributed by atoms with E-state index in [0.29, 0.717) is 30.1 Å². The van der Waals surface area contributed by atoms with Crippen LogP contribution in [0.25, 0.3) is 0 Å². The van der Waals surface area contributed by atoms with Gasteiger partial charge in [-0.3, -0.25) is 4.79 Å². The van der Waals surface area contributed by atoms with Crippen molar-refractivity contribution in [1.82, 2.24) is 0 Å². The molecule has 1 N–H and O–H groups in total. The maximum atomic E-state index is 12.2. The largest absolute Gasteiger partial charge is 0.478 e. The van der Waals surface area contributed by atoms with Crippen molar-refractivity contribution in [2.75, 3.05) is 0 Å². The number of hydrogen-bond acceptors (Lipinski definition) is 2. The lowest BCUT2D eigenvalue weighted by atomic mass is 9.61. The lowest BCUT2D eigenvalue weighted by Gasteiger charge is -2.43. The summed E-state index contributed by atoms with van der Waals surface area (Å²) in [6, 6.07) is 0. The number of Topliss-reactive ketones (excluding diaryl/α,β-unsaturated/α-hetero) is 1. The SMILES string of the molecule is CC1=C(C=CC=CC(=O)O)C2C(C)CC(C)CC2CC1=O. The molecule has 0 heterocycles. The number of carboxylic acid groups (broad SMARTS) is 1. The molecule has 0 aromatic rings. The Hall–Kier alpha value is -1.64. The van der Waals surface area contributed by atoms with E-state index in [2.05, 4.69) is 13.8 Å². The molecule has 3 nitrogen and oxygen atoms in total. The fraction of sp³-hybridized carbons (Fsp3) is 0.556. The van der Waals surface area contributed by atoms with E-state index in [1.54, 1.807) is 6.08 Å². The molecule has 114 valence electrons. The fourth-order valence-corrected chi connectivity index (χ4v) is 4.11. The quantitative estimate of drug-likeness (QED) is 0.635. The number of aliphatic carboxylic acids is 1. The van der Waals surface area contributed by atoms with E-state index >= 15 is 0 Å². The van der Waals surface area contributed by atoms with Crippen LogP contribution in [0.5, 0.6) is 0 Å². The molecule has 2 aliphatic carbocycles. The minimum atomic E-state index is -0.956. The molecule has 0 bridgehead atoms. The highest BCUT2D eigenvalue weighted by atomic mass is 16.4. The van der Waals surface area contributed by atoms with Crippen LogP contribution >= 0.6 is 0 Å². The first kappa shape index (κ1) is 15.7. The number of ketones is 1. The van der Waals surface area contributed by atoms with Crippen molar-refractivity contribution < 1.29 is 14.7 Å². The Balaban J connectivity index is 2.28. The molecule has 3 heteroatoms. The number of carbonyl (C=O) groups excluding carboxylic acids is 1. The van der Waals surface area contributed by atoms with Crippen LogP contribution in [-0.4, -0.2) is 16.9 Å². The highest BCUT2D eigenvalue weighted by Crippen LogP contribution is 2.47. The molecule has 1 saturated carbocycles. The molecule has 0 amide bonds. The predicted octanol–water partition coefficient (Wildman–Crippen LogP) is 3.77. The summed E-state index contributed by atoms with van der Waals surface area (Å²) in [6.07, 6.45) is 9.31. The van der Waals surface area contributed by atoms with Crippen molar-refractivity contribution in [2.24, 2.45) is 23.7 Å². The molecule has 0 aliphatic heterocycles. The number of hydrogen-bond donors (Lipinski definition) is 1. The summed E-state index contributed by atoms with van der Waals surface area (Å²) in [5.41, 5.74) is 1.98. The van der Waals surface area contributed by atoms with Crippen molar-refractivity contribution in [3.8, 4) is 0 Å². The molecule has 0 aromatic carbocycles. The van der Waals surface area contributed by atoms with Crippen LogP contribution in [0.4, 0.5) is 0 Å². The smallest absolute Gasteiger partial charge is 0.328 e. The maximum absolute atomic E-state index is 12.2. The molecule has 0 aromatic heterocycles. The zero-order valence-electron chi connectivity index (χ0n) is 13.0. The second kappa shape index (κ2) is 6.42. The van der Waals surface area contributed by atoms with Gasteiger partial charge in [-0.25, -0.2) is 4.79 Å². The number of carboxylic acids is 1. The van der Waals surface area contributed by atoms with Gasteiger partial charge in [0, 0.05) is 12.5 Å². The van der Waals surface area contributed by atoms with Gasteiger partial charge in [0.1, 0.15) is 0 Å². The summed E-state index contributed by atoms with van der Waals surface area (Å²) >= 11 is 0. The highest BCUT2D eigenvalue weighted by molar-refractivity contribution is 5.97. The fourth-order valence-electron chi connectivity index (χ4n) is 4.11. The van der Waals surface area contributed by atoms with Gasteiger partial charge >= 0.3 is 5.97 Å². The molecule has 4 atom stereocenters. The van der Waals surface area contributed by atoms with Crippen LogP contribution in [0.1, 0.15) is 40.0 Å². The lowest BCUT2D eigenvalue weighted by Crippen LogP contribution is -2.37. The molecular weight excluding hydrogens is 264 g/mol. The van der Waals surface area contributed by atoms with Gasteiger partial charge in [0.25, 0.3) is 0 Å². The zero-order valence-corrected chi connectivity index (χ0v) is 13.0. The normalized spacial score (nSPS) is 33.8. The van der Waals surface area contributed by atoms with Gasteiger partial charge < -0.3 is 5.11 Å². The number of rotatable bonds is 3. The van der Waals surface area contributed by atoms with Crippen molar-refractivity contribution in [3.63, 3.8) is 0 Å². The van der Waals surface area contributed by atoms with Crippen molar-refractivity contribution in [2.45, 2.75) is 40.0 Å². The van der Waals surface area contributed by atoms with Gasteiger partial charge in [-0.1, -0.05) is 32.1 Å². The van der Waals surface area contributed by atoms with Crippen LogP contribution in [0, 0.1) is 23.7 Å². The Kier molecular flexibility index (Phi) is 4.81. The lowest BCUT2D eigenvalue weighted by molar-refractivity contribution is -0.131. The van der Waals surface area contributed by atoms with Gasteiger partial charge in [-0.2, -0.15) is 0 Å². The predicted molar refractivity (Wildman–Crippen MR) is 82.8 cm³/mol. The third-order valence-corrected chi connectivity index (χ3v) is 4.88. The Labute approximate surface area is 126 Å². The number of allylic oxidation sites excluding steroid dienone is 5. The topological polar surface area (TPSA) is 54.4 Å². The van der Waals surface area contributed by atoms with Crippen LogP contribution in [0.3, 0.4) is 0 Å². The standard InChI is InChI=1S/C18H24O3/c1-11-8-12(2)18-14(9-11)10-16(19)13(3)15(18)6-4-5-7-17(20)21/h4-7,11-12,14,18H,8-10H2,1-3H3,(H,20,21). The van der Waals surface area contributed by atoms with E-state index in [1.807, 2.05) is 13.0 Å². The van der Waals surface area contributed by atoms with E-state index in [4.69, 9.17) is 5.11 Å². The van der Waals surface area contributed by atoms with E-state index < -0.39 is 5.97 Å². The van der Waals surface area contributed by atoms with Crippen molar-refractivity contribution >= 4 is 11.8 Å². The van der Waals surface area contributed by atoms with Crippen LogP contribution in [0.2, 0.25) is 0 Å². The van der Waals surface area contributed by atoms with Crippen LogP contribution < -0.4 is 0 Å². The second-order valence-corrected chi connectivity index (χ2v) is 6.60. The number of carbonyl (C=O) groups is 2. The van der Waals surface area contributed by atoms with E-state index in [0.717, 1.165) is 23.6 Å². The molecule has 1 fully saturated rings. The second-order valence-electron chi connectivity index (χ2n) is 6.60. The van der Waals surface area contributed by atoms with Gasteiger partial charge in [0.15, 0.2) is 5.78 Å². The molecular formula is C18H24O3. The van der Waals surface area contributed by atoms with Crippen molar-refractivity contribution in [1.29, 1.82) is 0 Å². The monoisotopic (exact) mass is 288 g/mol. The first-order chi connectivity index (χ1) is 9.90. The van der Waals surface area contributed by atoms with Crippen LogP contribution in [-0.2, 0) is 9.59 Å². The molecule has 2 aliphatic rings. The Bertz CT molecular complexity index is 525. The van der Waals surface area contributed by atoms with Gasteiger partial charge in [-0.15, -0.1) is 0 Å². The van der Waals surface area contributed by atoms with E-state index in [1.165, 1.54) is 12.5 Å². The van der Waals surface area contributed by atoms with Crippen LogP contribution in [0.15, 0.2) is 35.5 Å². The summed E-state index contributed by atoms with van der Waals surface area (Å²) in [7, 11) is 0. The molecule has 0 radical (unpaired) electrons. The highest BCUT2D eigenvalue weighted by Gasteiger charge is 2.40. The molecule has 21 heavy (non-hydrogen) atoms. The third-order valence-electron chi connectivity index (χ3n) is 4.88. The molecule has 0 saturated heterocycles. The summed E-state index contributed by atoms with van der Waals surface area (Å²) in [4.78, 5) is 22.7. The van der Waals surface area contributed by atoms with Gasteiger partial charge in [0.05, 0.1) is 0 Å². The van der Waals surface area contributed by atoms with Gasteiger partial charge in [-0.05, 0) is 54.6 Å². The average Bonchev–Trinajstić information content (AvgIpc) is 2.38. The minimum absolute atomic E-state index is 0.249. The first-order valence-electron chi connectivity index (χ1n) is 7.71.